The molecule has 0 aliphatic carbocycles. The standard InChI is InChI=1S/C51H51ClO7/c1-2-36-23-25-37(26-24-36)27-42-28-43-45(29-44(42)52)58-47(53)30-51(43)50(57-34-41-21-13-6-14-22-41)49(56-33-40-19-11-5-12-20-40)48(55-32-39-17-9-4-10-18-39)46(59-51)35-54-31-38-15-7-3-8-16-38/h3-26,28-29,46-50,53H,2,27,30-35H2,1H3/t46-,47?,48-,49+,50-,51?/m1/s1. The Kier molecular flexibility index (Phi) is 13.5. The van der Waals surface area contributed by atoms with Crippen molar-refractivity contribution in [2.75, 3.05) is 6.61 Å². The van der Waals surface area contributed by atoms with E-state index < -0.39 is 36.3 Å². The summed E-state index contributed by atoms with van der Waals surface area (Å²) in [5, 5.41) is 12.2. The summed E-state index contributed by atoms with van der Waals surface area (Å²) in [6, 6.07) is 52.8. The van der Waals surface area contributed by atoms with Crippen molar-refractivity contribution in [3.05, 3.63) is 207 Å². The van der Waals surface area contributed by atoms with Crippen molar-refractivity contribution in [2.45, 2.75) is 88.9 Å². The van der Waals surface area contributed by atoms with Gasteiger partial charge in [-0.3, -0.25) is 0 Å². The fourth-order valence-electron chi connectivity index (χ4n) is 8.17. The summed E-state index contributed by atoms with van der Waals surface area (Å²) in [6.07, 6.45) is -2.39. The number of hydrogen-bond acceptors (Lipinski definition) is 7. The maximum Gasteiger partial charge on any atom is 0.200 e. The zero-order valence-corrected chi connectivity index (χ0v) is 34.1. The molecule has 2 heterocycles. The van der Waals surface area contributed by atoms with Crippen molar-refractivity contribution in [1.29, 1.82) is 0 Å². The number of rotatable bonds is 16. The average Bonchev–Trinajstić information content (AvgIpc) is 3.27. The highest BCUT2D eigenvalue weighted by atomic mass is 35.5. The summed E-state index contributed by atoms with van der Waals surface area (Å²) < 4.78 is 41.3. The molecule has 0 bridgehead atoms. The number of aliphatic hydroxyl groups is 1. The van der Waals surface area contributed by atoms with Gasteiger partial charge in [0.25, 0.3) is 0 Å². The molecule has 1 spiro atoms. The molecule has 1 fully saturated rings. The smallest absolute Gasteiger partial charge is 0.200 e. The van der Waals surface area contributed by atoms with Gasteiger partial charge in [-0.1, -0.05) is 164 Å². The van der Waals surface area contributed by atoms with E-state index in [0.29, 0.717) is 37.0 Å². The molecule has 8 heteroatoms. The van der Waals surface area contributed by atoms with Crippen molar-refractivity contribution in [1.82, 2.24) is 0 Å². The third-order valence-corrected chi connectivity index (χ3v) is 11.6. The van der Waals surface area contributed by atoms with Crippen LogP contribution in [0.5, 0.6) is 5.75 Å². The molecule has 6 atom stereocenters. The predicted molar refractivity (Wildman–Crippen MR) is 229 cm³/mol. The van der Waals surface area contributed by atoms with E-state index in [1.165, 1.54) is 5.56 Å². The van der Waals surface area contributed by atoms with E-state index >= 15 is 0 Å². The monoisotopic (exact) mass is 810 g/mol. The Bertz CT molecular complexity index is 2200. The third-order valence-electron chi connectivity index (χ3n) is 11.2. The lowest BCUT2D eigenvalue weighted by atomic mass is 9.75. The number of aryl methyl sites for hydroxylation is 1. The molecule has 2 aliphatic heterocycles. The van der Waals surface area contributed by atoms with E-state index in [9.17, 15) is 5.11 Å². The highest BCUT2D eigenvalue weighted by Crippen LogP contribution is 2.52. The molecular weight excluding hydrogens is 760 g/mol. The summed E-state index contributed by atoms with van der Waals surface area (Å²) in [7, 11) is 0. The van der Waals surface area contributed by atoms with Crippen molar-refractivity contribution in [3.63, 3.8) is 0 Å². The fourth-order valence-corrected chi connectivity index (χ4v) is 8.39. The highest BCUT2D eigenvalue weighted by Gasteiger charge is 2.60. The Morgan fingerprint density at radius 1 is 0.610 bits per heavy atom. The molecule has 6 aromatic carbocycles. The molecule has 304 valence electrons. The Hall–Kier alpha value is -4.83. The average molecular weight is 811 g/mol. The second-order valence-electron chi connectivity index (χ2n) is 15.3. The third kappa shape index (κ3) is 9.97. The Balaban J connectivity index is 1.24. The molecule has 0 saturated carbocycles. The maximum absolute atomic E-state index is 11.6. The molecule has 1 saturated heterocycles. The van der Waals surface area contributed by atoms with Crippen molar-refractivity contribution in [3.8, 4) is 5.75 Å². The van der Waals surface area contributed by atoms with Crippen molar-refractivity contribution in [2.24, 2.45) is 0 Å². The topological polar surface area (TPSA) is 75.6 Å². The minimum absolute atomic E-state index is 0.0670. The molecule has 59 heavy (non-hydrogen) atoms. The molecule has 8 rings (SSSR count). The van der Waals surface area contributed by atoms with Crippen LogP contribution in [0.3, 0.4) is 0 Å². The Morgan fingerprint density at radius 2 is 1.12 bits per heavy atom. The van der Waals surface area contributed by atoms with Crippen molar-refractivity contribution >= 4 is 11.6 Å². The molecule has 6 aromatic rings. The fraction of sp³-hybridized carbons (Fsp3) is 0.294. The van der Waals surface area contributed by atoms with E-state index in [4.69, 9.17) is 40.0 Å². The van der Waals surface area contributed by atoms with E-state index in [2.05, 4.69) is 37.3 Å². The molecule has 0 amide bonds. The lowest BCUT2D eigenvalue weighted by Gasteiger charge is -2.55. The molecule has 2 aliphatic rings. The van der Waals surface area contributed by atoms with Crippen LogP contribution in [0.15, 0.2) is 158 Å². The van der Waals surface area contributed by atoms with Gasteiger partial charge in [0.15, 0.2) is 0 Å². The van der Waals surface area contributed by atoms with Crippen LogP contribution in [-0.2, 0) is 68.6 Å². The van der Waals surface area contributed by atoms with Gasteiger partial charge in [-0.05, 0) is 63.9 Å². The first-order valence-electron chi connectivity index (χ1n) is 20.5. The first-order chi connectivity index (χ1) is 29.0. The van der Waals surface area contributed by atoms with Gasteiger partial charge in [-0.25, -0.2) is 0 Å². The van der Waals surface area contributed by atoms with Gasteiger partial charge in [-0.2, -0.15) is 0 Å². The summed E-state index contributed by atoms with van der Waals surface area (Å²) in [5.74, 6) is 0.432. The first kappa shape index (κ1) is 40.9. The second-order valence-corrected chi connectivity index (χ2v) is 15.8. The summed E-state index contributed by atoms with van der Waals surface area (Å²) >= 11 is 7.05. The summed E-state index contributed by atoms with van der Waals surface area (Å²) in [5.41, 5.74) is 6.80. The Morgan fingerprint density at radius 3 is 1.68 bits per heavy atom. The summed E-state index contributed by atoms with van der Waals surface area (Å²) in [6.45, 7) is 3.58. The Labute approximate surface area is 352 Å². The number of benzene rings is 6. The molecule has 2 unspecified atom stereocenters. The van der Waals surface area contributed by atoms with Crippen LogP contribution in [-0.4, -0.2) is 42.4 Å². The quantitative estimate of drug-likeness (QED) is 0.104. The van der Waals surface area contributed by atoms with Crippen LogP contribution in [0.25, 0.3) is 0 Å². The molecule has 0 aromatic heterocycles. The normalized spacial score (nSPS) is 22.5. The number of halogens is 1. The zero-order chi connectivity index (χ0) is 40.4. The highest BCUT2D eigenvalue weighted by molar-refractivity contribution is 6.31. The SMILES string of the molecule is CCc1ccc(Cc2cc3c(cc2Cl)OC(O)CC32O[C@H](COCc3ccccc3)[C@@H](OCc3ccccc3)[C@H](OCc3ccccc3)[C@H]2OCc2ccccc2)cc1. The van der Waals surface area contributed by atoms with Gasteiger partial charge in [0.05, 0.1) is 33.0 Å². The lowest BCUT2D eigenvalue weighted by molar-refractivity contribution is -0.327. The van der Waals surface area contributed by atoms with Gasteiger partial charge in [0.1, 0.15) is 35.8 Å². The van der Waals surface area contributed by atoms with Gasteiger partial charge in [0, 0.05) is 17.0 Å². The van der Waals surface area contributed by atoms with Gasteiger partial charge in [0.2, 0.25) is 6.29 Å². The number of aliphatic hydroxyl groups excluding tert-OH is 1. The van der Waals surface area contributed by atoms with Crippen LogP contribution in [0, 0.1) is 0 Å². The van der Waals surface area contributed by atoms with E-state index in [0.717, 1.165) is 45.4 Å². The number of fused-ring (bicyclic) bond motifs is 2. The first-order valence-corrected chi connectivity index (χ1v) is 20.9. The van der Waals surface area contributed by atoms with Gasteiger partial charge < -0.3 is 33.5 Å². The molecule has 7 nitrogen and oxygen atoms in total. The predicted octanol–water partition coefficient (Wildman–Crippen LogP) is 10.2. The minimum Gasteiger partial charge on any atom is -0.465 e. The van der Waals surface area contributed by atoms with Gasteiger partial charge >= 0.3 is 0 Å². The molecular formula is C51H51ClO7. The van der Waals surface area contributed by atoms with Crippen LogP contribution >= 0.6 is 11.6 Å². The molecule has 0 radical (unpaired) electrons. The van der Waals surface area contributed by atoms with Crippen LogP contribution in [0.4, 0.5) is 0 Å². The lowest BCUT2D eigenvalue weighted by Crippen LogP contribution is -2.67. The maximum atomic E-state index is 11.6. The van der Waals surface area contributed by atoms with Crippen LogP contribution < -0.4 is 4.74 Å². The van der Waals surface area contributed by atoms with Crippen LogP contribution in [0.1, 0.15) is 57.9 Å². The molecule has 1 N–H and O–H groups in total. The second kappa shape index (κ2) is 19.5. The summed E-state index contributed by atoms with van der Waals surface area (Å²) in [4.78, 5) is 0. The number of hydrogen-bond donors (Lipinski definition) is 1. The zero-order valence-electron chi connectivity index (χ0n) is 33.3. The van der Waals surface area contributed by atoms with E-state index in [-0.39, 0.29) is 19.6 Å². The van der Waals surface area contributed by atoms with Crippen LogP contribution in [0.2, 0.25) is 5.02 Å². The minimum atomic E-state index is -1.28. The van der Waals surface area contributed by atoms with E-state index in [1.807, 2.05) is 121 Å². The van der Waals surface area contributed by atoms with Crippen molar-refractivity contribution < 1.29 is 33.5 Å². The largest absolute Gasteiger partial charge is 0.465 e. The number of ether oxygens (including phenoxy) is 6. The van der Waals surface area contributed by atoms with E-state index in [1.54, 1.807) is 6.07 Å². The van der Waals surface area contributed by atoms with Gasteiger partial charge in [-0.15, -0.1) is 0 Å².